The van der Waals surface area contributed by atoms with Gasteiger partial charge >= 0.3 is 0 Å². The Morgan fingerprint density at radius 3 is 2.70 bits per heavy atom. The number of rotatable bonds is 4. The minimum atomic E-state index is -0.00152. The maximum Gasteiger partial charge on any atom is 0.263 e. The van der Waals surface area contributed by atoms with E-state index >= 15 is 0 Å². The topological polar surface area (TPSA) is 41.9 Å². The summed E-state index contributed by atoms with van der Waals surface area (Å²) < 4.78 is 0. The SMILES string of the molecule is CC1CCN(C(=O)CO/N=C/c2ccc(Cl)cc2)CC1. The van der Waals surface area contributed by atoms with Crippen LogP contribution in [0.15, 0.2) is 29.4 Å². The highest BCUT2D eigenvalue weighted by molar-refractivity contribution is 6.30. The molecule has 108 valence electrons. The number of oxime groups is 1. The van der Waals surface area contributed by atoms with Crippen LogP contribution in [0.1, 0.15) is 25.3 Å². The molecule has 1 aromatic carbocycles. The van der Waals surface area contributed by atoms with Gasteiger partial charge in [0, 0.05) is 18.1 Å². The summed E-state index contributed by atoms with van der Waals surface area (Å²) in [6, 6.07) is 7.23. The van der Waals surface area contributed by atoms with E-state index in [0.717, 1.165) is 31.5 Å². The standard InChI is InChI=1S/C15H19ClN2O2/c1-12-6-8-18(9-7-12)15(19)11-20-17-10-13-2-4-14(16)5-3-13/h2-5,10,12H,6-9,11H2,1H3/b17-10+. The van der Waals surface area contributed by atoms with Gasteiger partial charge in [-0.1, -0.05) is 35.8 Å². The van der Waals surface area contributed by atoms with Gasteiger partial charge in [0.2, 0.25) is 0 Å². The third-order valence-electron chi connectivity index (χ3n) is 3.47. The molecule has 0 aliphatic carbocycles. The quantitative estimate of drug-likeness (QED) is 0.633. The predicted octanol–water partition coefficient (Wildman–Crippen LogP) is 2.95. The third kappa shape index (κ3) is 4.53. The molecule has 0 atom stereocenters. The van der Waals surface area contributed by atoms with Crippen molar-refractivity contribution in [1.82, 2.24) is 4.90 Å². The van der Waals surface area contributed by atoms with Crippen molar-refractivity contribution in [2.45, 2.75) is 19.8 Å². The maximum absolute atomic E-state index is 11.9. The van der Waals surface area contributed by atoms with E-state index in [0.29, 0.717) is 10.9 Å². The van der Waals surface area contributed by atoms with E-state index in [1.165, 1.54) is 0 Å². The maximum atomic E-state index is 11.9. The van der Waals surface area contributed by atoms with Crippen LogP contribution in [0.4, 0.5) is 0 Å². The molecule has 1 fully saturated rings. The smallest absolute Gasteiger partial charge is 0.263 e. The Labute approximate surface area is 124 Å². The van der Waals surface area contributed by atoms with Crippen LogP contribution in [0.3, 0.4) is 0 Å². The summed E-state index contributed by atoms with van der Waals surface area (Å²) in [6.07, 6.45) is 3.71. The number of halogens is 1. The zero-order valence-electron chi connectivity index (χ0n) is 11.6. The van der Waals surface area contributed by atoms with Gasteiger partial charge in [-0.2, -0.15) is 0 Å². The molecule has 1 aromatic rings. The van der Waals surface area contributed by atoms with Crippen LogP contribution in [0.25, 0.3) is 0 Å². The molecule has 0 unspecified atom stereocenters. The molecule has 20 heavy (non-hydrogen) atoms. The lowest BCUT2D eigenvalue weighted by Crippen LogP contribution is -2.39. The second-order valence-electron chi connectivity index (χ2n) is 5.12. The van der Waals surface area contributed by atoms with E-state index < -0.39 is 0 Å². The highest BCUT2D eigenvalue weighted by Crippen LogP contribution is 2.15. The molecule has 4 nitrogen and oxygen atoms in total. The first-order valence-electron chi connectivity index (χ1n) is 6.84. The van der Waals surface area contributed by atoms with Crippen LogP contribution >= 0.6 is 11.6 Å². The number of likely N-dealkylation sites (tertiary alicyclic amines) is 1. The van der Waals surface area contributed by atoms with Crippen LogP contribution in [0.5, 0.6) is 0 Å². The van der Waals surface area contributed by atoms with Gasteiger partial charge in [0.05, 0.1) is 6.21 Å². The zero-order chi connectivity index (χ0) is 14.4. The van der Waals surface area contributed by atoms with E-state index in [1.807, 2.05) is 17.0 Å². The van der Waals surface area contributed by atoms with Gasteiger partial charge < -0.3 is 9.74 Å². The number of carbonyl (C=O) groups excluding carboxylic acids is 1. The van der Waals surface area contributed by atoms with Gasteiger partial charge in [0.15, 0.2) is 6.61 Å². The van der Waals surface area contributed by atoms with Crippen molar-refractivity contribution in [1.29, 1.82) is 0 Å². The first kappa shape index (κ1) is 14.9. The summed E-state index contributed by atoms with van der Waals surface area (Å²) >= 11 is 5.78. The van der Waals surface area contributed by atoms with Crippen molar-refractivity contribution in [3.05, 3.63) is 34.9 Å². The summed E-state index contributed by atoms with van der Waals surface area (Å²) in [5.41, 5.74) is 0.883. The van der Waals surface area contributed by atoms with E-state index in [-0.39, 0.29) is 12.5 Å². The zero-order valence-corrected chi connectivity index (χ0v) is 12.3. The largest absolute Gasteiger partial charge is 0.386 e. The fourth-order valence-electron chi connectivity index (χ4n) is 2.09. The lowest BCUT2D eigenvalue weighted by molar-refractivity contribution is -0.137. The normalized spacial score (nSPS) is 16.6. The molecule has 1 amide bonds. The van der Waals surface area contributed by atoms with Crippen molar-refractivity contribution in [2.24, 2.45) is 11.1 Å². The van der Waals surface area contributed by atoms with Crippen LogP contribution in [0, 0.1) is 5.92 Å². The molecule has 2 rings (SSSR count). The summed E-state index contributed by atoms with van der Waals surface area (Å²) in [5, 5.41) is 4.48. The van der Waals surface area contributed by atoms with E-state index in [9.17, 15) is 4.79 Å². The van der Waals surface area contributed by atoms with Crippen LogP contribution in [-0.4, -0.2) is 36.7 Å². The number of hydrogen-bond acceptors (Lipinski definition) is 3. The monoisotopic (exact) mass is 294 g/mol. The second kappa shape index (κ2) is 7.29. The molecule has 1 heterocycles. The van der Waals surface area contributed by atoms with Gasteiger partial charge in [-0.05, 0) is 36.5 Å². The molecule has 1 saturated heterocycles. The summed E-state index contributed by atoms with van der Waals surface area (Å²) in [5.74, 6) is 0.716. The van der Waals surface area contributed by atoms with Crippen molar-refractivity contribution < 1.29 is 9.63 Å². The fourth-order valence-corrected chi connectivity index (χ4v) is 2.21. The minimum absolute atomic E-state index is 0.00152. The van der Waals surface area contributed by atoms with Crippen LogP contribution < -0.4 is 0 Å². The molecule has 0 bridgehead atoms. The molecule has 0 aromatic heterocycles. The number of piperidine rings is 1. The highest BCUT2D eigenvalue weighted by Gasteiger charge is 2.20. The van der Waals surface area contributed by atoms with Gasteiger partial charge in [0.25, 0.3) is 5.91 Å². The Kier molecular flexibility index (Phi) is 5.41. The lowest BCUT2D eigenvalue weighted by atomic mass is 9.99. The number of carbonyl (C=O) groups is 1. The van der Waals surface area contributed by atoms with Gasteiger partial charge in [-0.3, -0.25) is 4.79 Å². The molecular formula is C15H19ClN2O2. The number of hydrogen-bond donors (Lipinski definition) is 0. The predicted molar refractivity (Wildman–Crippen MR) is 80.0 cm³/mol. The third-order valence-corrected chi connectivity index (χ3v) is 3.72. The molecular weight excluding hydrogens is 276 g/mol. The second-order valence-corrected chi connectivity index (χ2v) is 5.56. The van der Waals surface area contributed by atoms with Gasteiger partial charge in [-0.15, -0.1) is 0 Å². The Hall–Kier alpha value is -1.55. The van der Waals surface area contributed by atoms with Crippen LogP contribution in [0.2, 0.25) is 5.02 Å². The van der Waals surface area contributed by atoms with Gasteiger partial charge in [0.1, 0.15) is 0 Å². The van der Waals surface area contributed by atoms with Gasteiger partial charge in [-0.25, -0.2) is 0 Å². The highest BCUT2D eigenvalue weighted by atomic mass is 35.5. The average molecular weight is 295 g/mol. The molecule has 0 saturated carbocycles. The van der Waals surface area contributed by atoms with Crippen molar-refractivity contribution in [3.8, 4) is 0 Å². The van der Waals surface area contributed by atoms with E-state index in [2.05, 4.69) is 12.1 Å². The summed E-state index contributed by atoms with van der Waals surface area (Å²) in [7, 11) is 0. The summed E-state index contributed by atoms with van der Waals surface area (Å²) in [6.45, 7) is 3.86. The molecule has 0 spiro atoms. The number of benzene rings is 1. The lowest BCUT2D eigenvalue weighted by Gasteiger charge is -2.29. The van der Waals surface area contributed by atoms with Crippen molar-refractivity contribution in [2.75, 3.05) is 19.7 Å². The molecule has 0 N–H and O–H groups in total. The first-order valence-corrected chi connectivity index (χ1v) is 7.21. The Bertz CT molecular complexity index is 465. The average Bonchev–Trinajstić information content (AvgIpc) is 2.46. The van der Waals surface area contributed by atoms with Crippen molar-refractivity contribution >= 4 is 23.7 Å². The molecule has 5 heteroatoms. The fraction of sp³-hybridized carbons (Fsp3) is 0.467. The first-order chi connectivity index (χ1) is 9.65. The minimum Gasteiger partial charge on any atom is -0.386 e. The molecule has 1 aliphatic rings. The number of amides is 1. The van der Waals surface area contributed by atoms with E-state index in [4.69, 9.17) is 16.4 Å². The Balaban J connectivity index is 1.72. The molecule has 0 radical (unpaired) electrons. The van der Waals surface area contributed by atoms with Crippen molar-refractivity contribution in [3.63, 3.8) is 0 Å². The van der Waals surface area contributed by atoms with E-state index in [1.54, 1.807) is 18.3 Å². The molecule has 1 aliphatic heterocycles. The summed E-state index contributed by atoms with van der Waals surface area (Å²) in [4.78, 5) is 18.8. The Morgan fingerprint density at radius 1 is 1.40 bits per heavy atom. The number of nitrogens with zero attached hydrogens (tertiary/aromatic N) is 2. The van der Waals surface area contributed by atoms with Crippen LogP contribution in [-0.2, 0) is 9.63 Å². The Morgan fingerprint density at radius 2 is 2.05 bits per heavy atom.